The van der Waals surface area contributed by atoms with Crippen molar-refractivity contribution in [3.05, 3.63) is 23.8 Å². The van der Waals surface area contributed by atoms with E-state index in [0.29, 0.717) is 43.9 Å². The van der Waals surface area contributed by atoms with Crippen molar-refractivity contribution in [3.63, 3.8) is 0 Å². The molecule has 30 heavy (non-hydrogen) atoms. The molecule has 8 nitrogen and oxygen atoms in total. The van der Waals surface area contributed by atoms with E-state index in [-0.39, 0.29) is 35.4 Å². The van der Waals surface area contributed by atoms with Crippen LogP contribution in [0.25, 0.3) is 0 Å². The number of hydrogen-bond donors (Lipinski definition) is 2. The Kier molecular flexibility index (Phi) is 7.50. The zero-order valence-electron chi connectivity index (χ0n) is 17.3. The van der Waals surface area contributed by atoms with Gasteiger partial charge in [-0.2, -0.15) is 0 Å². The fraction of sp³-hybridized carbons (Fsp3) is 0.571. The third-order valence-corrected chi connectivity index (χ3v) is 5.99. The summed E-state index contributed by atoms with van der Waals surface area (Å²) in [5.74, 6) is 0.881. The van der Waals surface area contributed by atoms with Gasteiger partial charge in [0.05, 0.1) is 0 Å². The van der Waals surface area contributed by atoms with Gasteiger partial charge in [-0.05, 0) is 49.2 Å². The number of aldehydes is 1. The lowest BCUT2D eigenvalue weighted by atomic mass is 9.77. The van der Waals surface area contributed by atoms with E-state index in [2.05, 4.69) is 6.92 Å². The van der Waals surface area contributed by atoms with Crippen molar-refractivity contribution < 1.29 is 29.2 Å². The molecule has 2 N–H and O–H groups in total. The maximum atomic E-state index is 12.8. The van der Waals surface area contributed by atoms with Gasteiger partial charge in [0.1, 0.15) is 12.0 Å². The molecule has 3 rings (SSSR count). The van der Waals surface area contributed by atoms with Gasteiger partial charge in [0.15, 0.2) is 6.61 Å². The standard InChI is InChI=1S/C21H29BN2O6/c1-15-3-2-8-24(12-15)21(27)16-6-9-23(10-7-16)20(26)14-30-18-4-5-19(22(28)29)17(11-18)13-25/h4-5,11,13,15-16,28-29H,2-3,6-10,12,14H2,1H3. The smallest absolute Gasteiger partial charge is 0.484 e. The Morgan fingerprint density at radius 2 is 1.90 bits per heavy atom. The zero-order chi connectivity index (χ0) is 21.7. The van der Waals surface area contributed by atoms with Crippen LogP contribution >= 0.6 is 0 Å². The minimum atomic E-state index is -1.75. The second-order valence-electron chi connectivity index (χ2n) is 8.26. The summed E-state index contributed by atoms with van der Waals surface area (Å²) in [6.45, 7) is 4.72. The molecule has 2 fully saturated rings. The summed E-state index contributed by atoms with van der Waals surface area (Å²) < 4.78 is 5.49. The first kappa shape index (κ1) is 22.3. The molecule has 2 saturated heterocycles. The Bertz CT molecular complexity index is 779. The molecule has 2 aliphatic rings. The largest absolute Gasteiger partial charge is 0.489 e. The summed E-state index contributed by atoms with van der Waals surface area (Å²) in [7, 11) is -1.75. The van der Waals surface area contributed by atoms with Gasteiger partial charge in [0.25, 0.3) is 5.91 Å². The summed E-state index contributed by atoms with van der Waals surface area (Å²) in [6, 6.07) is 4.24. The molecule has 2 heterocycles. The van der Waals surface area contributed by atoms with Crippen LogP contribution in [0.3, 0.4) is 0 Å². The Hall–Kier alpha value is -2.39. The molecule has 0 saturated carbocycles. The molecular weight excluding hydrogens is 387 g/mol. The Morgan fingerprint density at radius 1 is 1.17 bits per heavy atom. The van der Waals surface area contributed by atoms with Gasteiger partial charge in [0, 0.05) is 37.7 Å². The number of nitrogens with zero attached hydrogens (tertiary/aromatic N) is 2. The van der Waals surface area contributed by atoms with Gasteiger partial charge >= 0.3 is 7.12 Å². The molecule has 0 bridgehead atoms. The van der Waals surface area contributed by atoms with E-state index in [1.165, 1.54) is 24.6 Å². The van der Waals surface area contributed by atoms with E-state index in [4.69, 9.17) is 4.74 Å². The lowest BCUT2D eigenvalue weighted by Gasteiger charge is -2.37. The van der Waals surface area contributed by atoms with Crippen LogP contribution in [0.1, 0.15) is 43.0 Å². The van der Waals surface area contributed by atoms with Crippen molar-refractivity contribution in [2.75, 3.05) is 32.8 Å². The first-order chi connectivity index (χ1) is 14.4. The number of amides is 2. The van der Waals surface area contributed by atoms with Crippen LogP contribution in [0, 0.1) is 11.8 Å². The van der Waals surface area contributed by atoms with E-state index in [1.807, 2.05) is 4.90 Å². The topological polar surface area (TPSA) is 107 Å². The monoisotopic (exact) mass is 416 g/mol. The maximum absolute atomic E-state index is 12.8. The number of piperidine rings is 2. The van der Waals surface area contributed by atoms with Crippen molar-refractivity contribution >= 4 is 30.7 Å². The van der Waals surface area contributed by atoms with Crippen LogP contribution < -0.4 is 10.2 Å². The van der Waals surface area contributed by atoms with Gasteiger partial charge in [-0.1, -0.05) is 13.0 Å². The summed E-state index contributed by atoms with van der Waals surface area (Å²) in [4.78, 5) is 40.0. The molecule has 1 atom stereocenters. The molecule has 162 valence electrons. The van der Waals surface area contributed by atoms with E-state index in [1.54, 1.807) is 4.90 Å². The van der Waals surface area contributed by atoms with Crippen LogP contribution in [0.2, 0.25) is 0 Å². The SMILES string of the molecule is CC1CCCN(C(=O)C2CCN(C(=O)COc3ccc(B(O)O)c(C=O)c3)CC2)C1. The molecule has 9 heteroatoms. The predicted octanol–water partition coefficient (Wildman–Crippen LogP) is 0.0548. The number of benzene rings is 1. The molecular formula is C21H29BN2O6. The van der Waals surface area contributed by atoms with Crippen LogP contribution in [0.5, 0.6) is 5.75 Å². The van der Waals surface area contributed by atoms with Gasteiger partial charge in [0.2, 0.25) is 5.91 Å². The highest BCUT2D eigenvalue weighted by Gasteiger charge is 2.31. The first-order valence-electron chi connectivity index (χ1n) is 10.5. The summed E-state index contributed by atoms with van der Waals surface area (Å²) in [5.41, 5.74) is 0.180. The van der Waals surface area contributed by atoms with Gasteiger partial charge in [-0.25, -0.2) is 0 Å². The number of ether oxygens (including phenoxy) is 1. The lowest BCUT2D eigenvalue weighted by molar-refractivity contribution is -0.142. The highest BCUT2D eigenvalue weighted by molar-refractivity contribution is 6.60. The average Bonchev–Trinajstić information content (AvgIpc) is 2.76. The van der Waals surface area contributed by atoms with Crippen LogP contribution in [-0.4, -0.2) is 77.9 Å². The molecule has 0 aliphatic carbocycles. The fourth-order valence-corrected chi connectivity index (χ4v) is 4.24. The first-order valence-corrected chi connectivity index (χ1v) is 10.5. The molecule has 1 aromatic carbocycles. The summed E-state index contributed by atoms with van der Waals surface area (Å²) in [6.07, 6.45) is 4.07. The number of carbonyl (C=O) groups excluding carboxylic acids is 3. The van der Waals surface area contributed by atoms with Crippen molar-refractivity contribution in [3.8, 4) is 5.75 Å². The summed E-state index contributed by atoms with van der Waals surface area (Å²) >= 11 is 0. The van der Waals surface area contributed by atoms with Crippen LogP contribution in [-0.2, 0) is 9.59 Å². The number of likely N-dealkylation sites (tertiary alicyclic amines) is 2. The molecule has 0 radical (unpaired) electrons. The maximum Gasteiger partial charge on any atom is 0.489 e. The van der Waals surface area contributed by atoms with Crippen molar-refractivity contribution in [1.82, 2.24) is 9.80 Å². The molecule has 2 aliphatic heterocycles. The normalized spacial score (nSPS) is 20.0. The van der Waals surface area contributed by atoms with E-state index < -0.39 is 7.12 Å². The second-order valence-corrected chi connectivity index (χ2v) is 8.26. The second kappa shape index (κ2) is 10.1. The Labute approximate surface area is 176 Å². The Morgan fingerprint density at radius 3 is 2.53 bits per heavy atom. The third-order valence-electron chi connectivity index (χ3n) is 5.99. The minimum absolute atomic E-state index is 0.0205. The van der Waals surface area contributed by atoms with Crippen LogP contribution in [0.15, 0.2) is 18.2 Å². The molecule has 0 spiro atoms. The van der Waals surface area contributed by atoms with Crippen molar-refractivity contribution in [2.24, 2.45) is 11.8 Å². The highest BCUT2D eigenvalue weighted by Crippen LogP contribution is 2.24. The van der Waals surface area contributed by atoms with Crippen LogP contribution in [0.4, 0.5) is 0 Å². The summed E-state index contributed by atoms with van der Waals surface area (Å²) in [5, 5.41) is 18.5. The van der Waals surface area contributed by atoms with Gasteiger partial charge in [-0.15, -0.1) is 0 Å². The van der Waals surface area contributed by atoms with E-state index in [9.17, 15) is 24.4 Å². The molecule has 2 amide bonds. The fourth-order valence-electron chi connectivity index (χ4n) is 4.24. The molecule has 1 aromatic rings. The molecule has 1 unspecified atom stereocenters. The van der Waals surface area contributed by atoms with Gasteiger partial charge in [-0.3, -0.25) is 14.4 Å². The Balaban J connectivity index is 1.47. The van der Waals surface area contributed by atoms with Crippen molar-refractivity contribution in [1.29, 1.82) is 0 Å². The number of carbonyl (C=O) groups is 3. The third kappa shape index (κ3) is 5.40. The zero-order valence-corrected chi connectivity index (χ0v) is 17.3. The molecule has 0 aromatic heterocycles. The number of rotatable bonds is 6. The average molecular weight is 416 g/mol. The predicted molar refractivity (Wildman–Crippen MR) is 111 cm³/mol. The quantitative estimate of drug-likeness (QED) is 0.502. The number of hydrogen-bond acceptors (Lipinski definition) is 6. The van der Waals surface area contributed by atoms with E-state index >= 15 is 0 Å². The van der Waals surface area contributed by atoms with Gasteiger partial charge < -0.3 is 24.6 Å². The minimum Gasteiger partial charge on any atom is -0.484 e. The highest BCUT2D eigenvalue weighted by atomic mass is 16.5. The van der Waals surface area contributed by atoms with E-state index in [0.717, 1.165) is 19.5 Å². The lowest BCUT2D eigenvalue weighted by Crippen LogP contribution is -2.47. The van der Waals surface area contributed by atoms with Crippen molar-refractivity contribution in [2.45, 2.75) is 32.6 Å².